The molecule has 8 heteroatoms. The van der Waals surface area contributed by atoms with Crippen molar-refractivity contribution in [2.45, 2.75) is 13.1 Å². The molecule has 2 aromatic heterocycles. The lowest BCUT2D eigenvalue weighted by Gasteiger charge is -2.12. The van der Waals surface area contributed by atoms with Crippen LogP contribution in [0.2, 0.25) is 0 Å². The molecule has 0 atom stereocenters. The second-order valence-corrected chi connectivity index (χ2v) is 5.44. The van der Waals surface area contributed by atoms with E-state index in [1.807, 2.05) is 18.2 Å². The quantitative estimate of drug-likeness (QED) is 0.780. The zero-order valence-electron chi connectivity index (χ0n) is 13.3. The zero-order valence-corrected chi connectivity index (χ0v) is 13.3. The van der Waals surface area contributed by atoms with Crippen LogP contribution in [0.5, 0.6) is 0 Å². The Hall–Kier alpha value is -3.03. The lowest BCUT2D eigenvalue weighted by Crippen LogP contribution is -2.22. The normalized spacial score (nSPS) is 11.5. The lowest BCUT2D eigenvalue weighted by molar-refractivity contribution is -0.115. The molecule has 0 unspecified atom stereocenters. The first kappa shape index (κ1) is 16.8. The second kappa shape index (κ2) is 6.46. The second-order valence-electron chi connectivity index (χ2n) is 5.44. The van der Waals surface area contributed by atoms with Crippen molar-refractivity contribution in [1.29, 1.82) is 0 Å². The van der Waals surface area contributed by atoms with Gasteiger partial charge in [0.2, 0.25) is 5.95 Å². The topological polar surface area (TPSA) is 63.6 Å². The van der Waals surface area contributed by atoms with E-state index in [0.29, 0.717) is 16.8 Å². The summed E-state index contributed by atoms with van der Waals surface area (Å²) in [6.07, 6.45) is 0.315. The monoisotopic (exact) mass is 345 g/mol. The molecule has 3 rings (SSSR count). The summed E-state index contributed by atoms with van der Waals surface area (Å²) in [5.41, 5.74) is 3.52. The van der Waals surface area contributed by atoms with E-state index < -0.39 is 12.7 Å². The van der Waals surface area contributed by atoms with Crippen molar-refractivity contribution in [1.82, 2.24) is 19.9 Å². The van der Waals surface area contributed by atoms with Crippen molar-refractivity contribution in [3.8, 4) is 0 Å². The number of hydrogen-bond acceptors (Lipinski definition) is 5. The zero-order chi connectivity index (χ0) is 18.0. The third-order valence-electron chi connectivity index (χ3n) is 3.60. The first-order valence-corrected chi connectivity index (χ1v) is 7.37. The Morgan fingerprint density at radius 2 is 2.00 bits per heavy atom. The highest BCUT2D eigenvalue weighted by Crippen LogP contribution is 2.26. The molecule has 0 aliphatic rings. The van der Waals surface area contributed by atoms with E-state index in [0.717, 1.165) is 16.5 Å². The summed E-state index contributed by atoms with van der Waals surface area (Å²) in [4.78, 5) is 16.2. The van der Waals surface area contributed by atoms with Crippen LogP contribution < -0.4 is 5.32 Å². The highest BCUT2D eigenvalue weighted by atomic mass is 19.4. The van der Waals surface area contributed by atoms with E-state index in [-0.39, 0.29) is 5.95 Å². The molecule has 0 spiro atoms. The van der Waals surface area contributed by atoms with Gasteiger partial charge in [0.15, 0.2) is 0 Å². The summed E-state index contributed by atoms with van der Waals surface area (Å²) in [6.45, 7) is 4.57. The molecule has 5 nitrogen and oxygen atoms in total. The van der Waals surface area contributed by atoms with Crippen LogP contribution in [-0.2, 0) is 0 Å². The fourth-order valence-electron chi connectivity index (χ4n) is 2.36. The Morgan fingerprint density at radius 3 is 2.72 bits per heavy atom. The highest BCUT2D eigenvalue weighted by molar-refractivity contribution is 5.86. The molecule has 0 amide bonds. The summed E-state index contributed by atoms with van der Waals surface area (Å²) < 4.78 is 36.8. The Morgan fingerprint density at radius 1 is 1.20 bits per heavy atom. The van der Waals surface area contributed by atoms with Gasteiger partial charge in [-0.1, -0.05) is 12.6 Å². The third-order valence-corrected chi connectivity index (χ3v) is 3.60. The molecular weight excluding hydrogens is 331 g/mol. The molecule has 2 heterocycles. The standard InChI is InChI=1S/C17H14F3N5/c1-10(12-3-4-15-13(5-12)6-21-9-24-15)14-7-22-16(25-11(14)2)23-8-17(18,19)20/h3-7,9H,1,8H2,2H3,(H,22,23,25). The number of benzene rings is 1. The predicted octanol–water partition coefficient (Wildman–Crippen LogP) is 3.76. The van der Waals surface area contributed by atoms with Gasteiger partial charge in [0.1, 0.15) is 12.9 Å². The molecule has 25 heavy (non-hydrogen) atoms. The van der Waals surface area contributed by atoms with E-state index in [4.69, 9.17) is 0 Å². The summed E-state index contributed by atoms with van der Waals surface area (Å²) in [6, 6.07) is 5.62. The van der Waals surface area contributed by atoms with Gasteiger partial charge in [-0.15, -0.1) is 0 Å². The van der Waals surface area contributed by atoms with Crippen LogP contribution >= 0.6 is 0 Å². The smallest absolute Gasteiger partial charge is 0.345 e. The third kappa shape index (κ3) is 3.90. The number of aryl methyl sites for hydroxylation is 1. The van der Waals surface area contributed by atoms with Crippen molar-refractivity contribution in [3.63, 3.8) is 0 Å². The van der Waals surface area contributed by atoms with Gasteiger partial charge in [-0.05, 0) is 30.2 Å². The summed E-state index contributed by atoms with van der Waals surface area (Å²) in [5.74, 6) is -0.0710. The van der Waals surface area contributed by atoms with Crippen molar-refractivity contribution in [3.05, 3.63) is 60.3 Å². The summed E-state index contributed by atoms with van der Waals surface area (Å²) in [7, 11) is 0. The van der Waals surface area contributed by atoms with E-state index in [1.54, 1.807) is 13.1 Å². The van der Waals surface area contributed by atoms with Gasteiger partial charge in [-0.3, -0.25) is 0 Å². The molecule has 3 aromatic rings. The Kier molecular flexibility index (Phi) is 4.35. The minimum absolute atomic E-state index is 0.0710. The molecule has 0 saturated heterocycles. The van der Waals surface area contributed by atoms with Gasteiger partial charge in [-0.25, -0.2) is 19.9 Å². The fraction of sp³-hybridized carbons (Fsp3) is 0.176. The number of alkyl halides is 3. The number of fused-ring (bicyclic) bond motifs is 1. The van der Waals surface area contributed by atoms with Crippen LogP contribution in [0.4, 0.5) is 19.1 Å². The molecule has 0 aliphatic heterocycles. The fourth-order valence-corrected chi connectivity index (χ4v) is 2.36. The molecule has 0 aliphatic carbocycles. The molecule has 0 fully saturated rings. The maximum atomic E-state index is 12.3. The van der Waals surface area contributed by atoms with Gasteiger partial charge in [-0.2, -0.15) is 13.2 Å². The maximum absolute atomic E-state index is 12.3. The molecule has 0 saturated carbocycles. The maximum Gasteiger partial charge on any atom is 0.405 e. The molecular formula is C17H14F3N5. The van der Waals surface area contributed by atoms with Gasteiger partial charge in [0.05, 0.1) is 11.2 Å². The predicted molar refractivity (Wildman–Crippen MR) is 89.0 cm³/mol. The van der Waals surface area contributed by atoms with Crippen LogP contribution in [0.15, 0.2) is 43.5 Å². The summed E-state index contributed by atoms with van der Waals surface area (Å²) >= 11 is 0. The Bertz CT molecular complexity index is 937. The van der Waals surface area contributed by atoms with Gasteiger partial charge >= 0.3 is 6.18 Å². The van der Waals surface area contributed by atoms with E-state index in [2.05, 4.69) is 31.8 Å². The minimum atomic E-state index is -4.33. The van der Waals surface area contributed by atoms with Crippen molar-refractivity contribution in [2.24, 2.45) is 0 Å². The summed E-state index contributed by atoms with van der Waals surface area (Å²) in [5, 5.41) is 3.03. The first-order chi connectivity index (χ1) is 11.8. The van der Waals surface area contributed by atoms with Crippen LogP contribution in [0, 0.1) is 6.92 Å². The number of nitrogens with one attached hydrogen (secondary N) is 1. The Labute approximate surface area is 141 Å². The number of hydrogen-bond donors (Lipinski definition) is 1. The molecule has 128 valence electrons. The average Bonchev–Trinajstić information content (AvgIpc) is 2.58. The van der Waals surface area contributed by atoms with Crippen molar-refractivity contribution in [2.75, 3.05) is 11.9 Å². The van der Waals surface area contributed by atoms with E-state index >= 15 is 0 Å². The average molecular weight is 345 g/mol. The minimum Gasteiger partial charge on any atom is -0.345 e. The van der Waals surface area contributed by atoms with Crippen molar-refractivity contribution >= 4 is 22.4 Å². The highest BCUT2D eigenvalue weighted by Gasteiger charge is 2.27. The number of aromatic nitrogens is 4. The van der Waals surface area contributed by atoms with Gasteiger partial charge in [0.25, 0.3) is 0 Å². The van der Waals surface area contributed by atoms with Crippen LogP contribution in [0.1, 0.15) is 16.8 Å². The number of anilines is 1. The Balaban J connectivity index is 1.86. The SMILES string of the molecule is C=C(c1ccc2ncncc2c1)c1cnc(NCC(F)(F)F)nc1C. The molecule has 0 bridgehead atoms. The number of rotatable bonds is 4. The molecule has 0 radical (unpaired) electrons. The van der Waals surface area contributed by atoms with Gasteiger partial charge in [0, 0.05) is 23.3 Å². The first-order valence-electron chi connectivity index (χ1n) is 7.37. The number of halogens is 3. The molecule has 1 N–H and O–H groups in total. The van der Waals surface area contributed by atoms with Crippen LogP contribution in [0.25, 0.3) is 16.5 Å². The van der Waals surface area contributed by atoms with E-state index in [1.165, 1.54) is 12.5 Å². The number of nitrogens with zero attached hydrogens (tertiary/aromatic N) is 4. The van der Waals surface area contributed by atoms with Crippen LogP contribution in [0.3, 0.4) is 0 Å². The lowest BCUT2D eigenvalue weighted by atomic mass is 9.98. The largest absolute Gasteiger partial charge is 0.405 e. The van der Waals surface area contributed by atoms with E-state index in [9.17, 15) is 13.2 Å². The van der Waals surface area contributed by atoms with Crippen molar-refractivity contribution < 1.29 is 13.2 Å². The molecule has 1 aromatic carbocycles. The van der Waals surface area contributed by atoms with Gasteiger partial charge < -0.3 is 5.32 Å². The van der Waals surface area contributed by atoms with Crippen LogP contribution in [-0.4, -0.2) is 32.7 Å².